The van der Waals surface area contributed by atoms with E-state index in [9.17, 15) is 8.42 Å². The van der Waals surface area contributed by atoms with Gasteiger partial charge in [0.25, 0.3) is 0 Å². The van der Waals surface area contributed by atoms with E-state index in [0.29, 0.717) is 30.8 Å². The third kappa shape index (κ3) is 2.26. The van der Waals surface area contributed by atoms with Crippen LogP contribution in [-0.2, 0) is 9.84 Å². The molecule has 1 fully saturated rings. The van der Waals surface area contributed by atoms with E-state index < -0.39 is 9.84 Å². The quantitative estimate of drug-likeness (QED) is 0.777. The van der Waals surface area contributed by atoms with Gasteiger partial charge in [-0.25, -0.2) is 13.4 Å². The second-order valence-corrected chi connectivity index (χ2v) is 6.27. The van der Waals surface area contributed by atoms with Crippen LogP contribution < -0.4 is 5.84 Å². The maximum Gasteiger partial charge on any atom is 0.181 e. The highest BCUT2D eigenvalue weighted by Crippen LogP contribution is 2.23. The summed E-state index contributed by atoms with van der Waals surface area (Å²) in [5.74, 6) is 7.41. The van der Waals surface area contributed by atoms with Gasteiger partial charge in [0.15, 0.2) is 9.84 Å². The van der Waals surface area contributed by atoms with Crippen molar-refractivity contribution in [2.45, 2.75) is 23.0 Å². The summed E-state index contributed by atoms with van der Waals surface area (Å²) in [4.78, 5) is 0.401. The van der Waals surface area contributed by atoms with Gasteiger partial charge in [0.05, 0.1) is 10.1 Å². The van der Waals surface area contributed by atoms with Gasteiger partial charge in [0.2, 0.25) is 0 Å². The smallest absolute Gasteiger partial charge is 0.181 e. The van der Waals surface area contributed by atoms with Crippen molar-refractivity contribution in [2.75, 3.05) is 13.1 Å². The zero-order valence-corrected chi connectivity index (χ0v) is 9.78. The summed E-state index contributed by atoms with van der Waals surface area (Å²) < 4.78 is 24.4. The summed E-state index contributed by atoms with van der Waals surface area (Å²) >= 11 is 0. The largest absolute Gasteiger partial charge is 0.230 e. The number of nitrogens with one attached hydrogen (secondary N) is 1. The van der Waals surface area contributed by atoms with Gasteiger partial charge >= 0.3 is 0 Å². The molecule has 0 atom stereocenters. The summed E-state index contributed by atoms with van der Waals surface area (Å²) in [6.07, 6.45) is 1.11. The van der Waals surface area contributed by atoms with Crippen molar-refractivity contribution in [1.82, 2.24) is 10.9 Å². The molecule has 1 aromatic carbocycles. The molecule has 0 spiro atoms. The molecule has 1 N–H and O–H groups in total. The fourth-order valence-electron chi connectivity index (χ4n) is 1.97. The second kappa shape index (κ2) is 4.53. The van der Waals surface area contributed by atoms with Gasteiger partial charge in [-0.3, -0.25) is 0 Å². The summed E-state index contributed by atoms with van der Waals surface area (Å²) in [5, 5.41) is 1.10. The van der Waals surface area contributed by atoms with Gasteiger partial charge in [0.1, 0.15) is 0 Å². The molecule has 5 heteroatoms. The zero-order valence-electron chi connectivity index (χ0n) is 8.96. The van der Waals surface area contributed by atoms with Crippen LogP contribution in [-0.4, -0.2) is 31.8 Å². The molecule has 1 radical (unpaired) electrons. The monoisotopic (exact) mass is 239 g/mol. The number of hydrogen-bond acceptors (Lipinski definition) is 3. The summed E-state index contributed by atoms with van der Waals surface area (Å²) in [7, 11) is -3.20. The second-order valence-electron chi connectivity index (χ2n) is 4.04. The molecule has 0 saturated carbocycles. The van der Waals surface area contributed by atoms with E-state index in [-0.39, 0.29) is 5.25 Å². The Morgan fingerprint density at radius 2 is 1.69 bits per heavy atom. The fraction of sp³-hybridized carbons (Fsp3) is 0.455. The Morgan fingerprint density at radius 1 is 1.12 bits per heavy atom. The van der Waals surface area contributed by atoms with Gasteiger partial charge in [-0.05, 0) is 25.0 Å². The van der Waals surface area contributed by atoms with E-state index in [4.69, 9.17) is 5.84 Å². The lowest BCUT2D eigenvalue weighted by Gasteiger charge is -2.27. The molecule has 0 aliphatic carbocycles. The third-order valence-electron chi connectivity index (χ3n) is 2.95. The van der Waals surface area contributed by atoms with Crippen molar-refractivity contribution < 1.29 is 8.42 Å². The molecule has 0 bridgehead atoms. The van der Waals surface area contributed by atoms with E-state index in [1.54, 1.807) is 24.3 Å². The number of benzene rings is 1. The van der Waals surface area contributed by atoms with Crippen LogP contribution in [0.5, 0.6) is 0 Å². The average Bonchev–Trinajstić information content (AvgIpc) is 2.31. The first kappa shape index (κ1) is 11.6. The van der Waals surface area contributed by atoms with Crippen LogP contribution in [0.4, 0.5) is 0 Å². The Morgan fingerprint density at radius 3 is 2.25 bits per heavy atom. The lowest BCUT2D eigenvalue weighted by Crippen LogP contribution is -2.38. The number of rotatable bonds is 2. The Balaban J connectivity index is 2.20. The van der Waals surface area contributed by atoms with Gasteiger partial charge in [-0.15, -0.1) is 0 Å². The SMILES string of the molecule is [NH]N1CCC(S(=O)(=O)c2ccccc2)CC1. The molecule has 1 saturated heterocycles. The molecule has 1 heterocycles. The van der Waals surface area contributed by atoms with Gasteiger partial charge in [-0.1, -0.05) is 18.2 Å². The van der Waals surface area contributed by atoms with Gasteiger partial charge in [0, 0.05) is 13.1 Å². The normalized spacial score (nSPS) is 19.8. The van der Waals surface area contributed by atoms with Crippen LogP contribution in [0.2, 0.25) is 0 Å². The van der Waals surface area contributed by atoms with Crippen LogP contribution in [0.25, 0.3) is 0 Å². The van der Waals surface area contributed by atoms with Crippen LogP contribution in [0.1, 0.15) is 12.8 Å². The number of nitrogens with zero attached hydrogens (tertiary/aromatic N) is 1. The summed E-state index contributed by atoms with van der Waals surface area (Å²) in [5.41, 5.74) is 0. The number of piperidine rings is 1. The Hall–Kier alpha value is -0.910. The first-order valence-corrected chi connectivity index (χ1v) is 6.90. The topological polar surface area (TPSA) is 61.2 Å². The molecule has 0 aromatic heterocycles. The minimum atomic E-state index is -3.20. The van der Waals surface area contributed by atoms with Crippen molar-refractivity contribution in [3.05, 3.63) is 30.3 Å². The van der Waals surface area contributed by atoms with Crippen molar-refractivity contribution in [3.63, 3.8) is 0 Å². The highest BCUT2D eigenvalue weighted by molar-refractivity contribution is 7.92. The third-order valence-corrected chi connectivity index (χ3v) is 5.23. The van der Waals surface area contributed by atoms with Crippen LogP contribution in [0.15, 0.2) is 35.2 Å². The lowest BCUT2D eigenvalue weighted by molar-refractivity contribution is 0.222. The molecule has 2 rings (SSSR count). The van der Waals surface area contributed by atoms with E-state index in [0.717, 1.165) is 0 Å². The van der Waals surface area contributed by atoms with Crippen molar-refractivity contribution in [3.8, 4) is 0 Å². The molecule has 4 nitrogen and oxygen atoms in total. The number of hydrogen-bond donors (Lipinski definition) is 0. The lowest BCUT2D eigenvalue weighted by atomic mass is 10.1. The van der Waals surface area contributed by atoms with Crippen LogP contribution in [0.3, 0.4) is 0 Å². The molecule has 16 heavy (non-hydrogen) atoms. The molecular weight excluding hydrogens is 224 g/mol. The molecular formula is C11H15N2O2S. The van der Waals surface area contributed by atoms with Gasteiger partial charge in [-0.2, -0.15) is 5.84 Å². The Bertz CT molecular complexity index is 436. The van der Waals surface area contributed by atoms with Crippen molar-refractivity contribution in [2.24, 2.45) is 0 Å². The molecule has 0 amide bonds. The predicted molar refractivity (Wildman–Crippen MR) is 61.3 cm³/mol. The summed E-state index contributed by atoms with van der Waals surface area (Å²) in [6.45, 7) is 1.08. The van der Waals surface area contributed by atoms with Crippen molar-refractivity contribution in [1.29, 1.82) is 0 Å². The number of sulfone groups is 1. The fourth-order valence-corrected chi connectivity index (χ4v) is 3.72. The average molecular weight is 239 g/mol. The zero-order chi connectivity index (χ0) is 11.6. The van der Waals surface area contributed by atoms with E-state index in [1.807, 2.05) is 6.07 Å². The predicted octanol–water partition coefficient (Wildman–Crippen LogP) is 1.12. The van der Waals surface area contributed by atoms with Crippen molar-refractivity contribution >= 4 is 9.84 Å². The first-order chi connectivity index (χ1) is 7.60. The maximum atomic E-state index is 12.2. The first-order valence-electron chi connectivity index (χ1n) is 5.36. The molecule has 1 aliphatic rings. The van der Waals surface area contributed by atoms with E-state index >= 15 is 0 Å². The molecule has 0 unspecified atom stereocenters. The van der Waals surface area contributed by atoms with E-state index in [1.165, 1.54) is 5.01 Å². The maximum absolute atomic E-state index is 12.2. The minimum Gasteiger partial charge on any atom is -0.230 e. The minimum absolute atomic E-state index is 0.323. The summed E-state index contributed by atoms with van der Waals surface area (Å²) in [6, 6.07) is 8.58. The van der Waals surface area contributed by atoms with Crippen LogP contribution >= 0.6 is 0 Å². The highest BCUT2D eigenvalue weighted by atomic mass is 32.2. The van der Waals surface area contributed by atoms with Crippen LogP contribution in [0, 0.1) is 0 Å². The Kier molecular flexibility index (Phi) is 3.28. The molecule has 87 valence electrons. The molecule has 1 aromatic rings. The highest BCUT2D eigenvalue weighted by Gasteiger charge is 2.30. The van der Waals surface area contributed by atoms with E-state index in [2.05, 4.69) is 0 Å². The molecule has 1 aliphatic heterocycles. The van der Waals surface area contributed by atoms with Gasteiger partial charge < -0.3 is 0 Å². The standard InChI is InChI=1S/C11H15N2O2S/c12-13-8-6-11(7-9-13)16(14,15)10-4-2-1-3-5-10/h1-5,11-12H,6-9H2. The Labute approximate surface area is 95.9 Å².